The fourth-order valence-corrected chi connectivity index (χ4v) is 2.82. The lowest BCUT2D eigenvalue weighted by Gasteiger charge is -2.13. The number of hydrogen-bond donors (Lipinski definition) is 1. The Kier molecular flexibility index (Phi) is 5.67. The van der Waals surface area contributed by atoms with Gasteiger partial charge in [-0.05, 0) is 6.07 Å². The van der Waals surface area contributed by atoms with Crippen molar-refractivity contribution in [1.29, 1.82) is 0 Å². The summed E-state index contributed by atoms with van der Waals surface area (Å²) in [7, 11) is 1.22. The van der Waals surface area contributed by atoms with Crippen LogP contribution in [0.5, 0.6) is 0 Å². The quantitative estimate of drug-likeness (QED) is 0.524. The third-order valence-electron chi connectivity index (χ3n) is 4.26. The monoisotopic (exact) mass is 404 g/mol. The maximum absolute atomic E-state index is 13.7. The number of ether oxygens (including phenoxy) is 1. The molecule has 0 aliphatic heterocycles. The van der Waals surface area contributed by atoms with Crippen molar-refractivity contribution in [1.82, 2.24) is 9.88 Å². The largest absolute Gasteiger partial charge is 0.469 e. The van der Waals surface area contributed by atoms with Gasteiger partial charge in [0.25, 0.3) is 11.5 Å². The van der Waals surface area contributed by atoms with E-state index in [9.17, 15) is 27.6 Å². The number of amides is 1. The van der Waals surface area contributed by atoms with Crippen LogP contribution < -0.4 is 10.9 Å². The van der Waals surface area contributed by atoms with Crippen LogP contribution in [0.25, 0.3) is 16.5 Å². The summed E-state index contributed by atoms with van der Waals surface area (Å²) < 4.78 is 45.9. The predicted octanol–water partition coefficient (Wildman–Crippen LogP) is 2.70. The summed E-state index contributed by atoms with van der Waals surface area (Å²) in [5, 5.41) is 2.96. The topological polar surface area (TPSA) is 77.4 Å². The summed E-state index contributed by atoms with van der Waals surface area (Å²) in [6, 6.07) is 7.51. The molecule has 6 nitrogen and oxygen atoms in total. The van der Waals surface area contributed by atoms with Crippen molar-refractivity contribution in [3.8, 4) is 5.69 Å². The van der Waals surface area contributed by atoms with Gasteiger partial charge in [-0.25, -0.2) is 13.2 Å². The summed E-state index contributed by atoms with van der Waals surface area (Å²) in [4.78, 5) is 36.6. The number of nitrogens with one attached hydrogen (secondary N) is 1. The number of benzene rings is 2. The lowest BCUT2D eigenvalue weighted by molar-refractivity contribution is -0.140. The van der Waals surface area contributed by atoms with E-state index in [1.54, 1.807) is 18.2 Å². The molecule has 1 N–H and O–H groups in total. The molecule has 3 rings (SSSR count). The molecule has 1 aromatic heterocycles. The van der Waals surface area contributed by atoms with Gasteiger partial charge in [-0.15, -0.1) is 0 Å². The minimum Gasteiger partial charge on any atom is -0.469 e. The third kappa shape index (κ3) is 3.98. The molecular formula is C20H15F3N2O4. The molecule has 3 aromatic rings. The highest BCUT2D eigenvalue weighted by Crippen LogP contribution is 2.20. The first-order valence-corrected chi connectivity index (χ1v) is 8.47. The van der Waals surface area contributed by atoms with Gasteiger partial charge in [0.05, 0.1) is 24.8 Å². The van der Waals surface area contributed by atoms with Crippen LogP contribution in [-0.2, 0) is 9.53 Å². The SMILES string of the molecule is COC(=O)CCNC(=O)c1cn(-c2cc(F)c(F)c(F)c2)c(=O)c2ccccc12. The third-order valence-corrected chi connectivity index (χ3v) is 4.26. The van der Waals surface area contributed by atoms with Crippen LogP contribution in [0.2, 0.25) is 0 Å². The van der Waals surface area contributed by atoms with Gasteiger partial charge in [-0.2, -0.15) is 0 Å². The molecular weight excluding hydrogens is 389 g/mol. The number of aromatic nitrogens is 1. The van der Waals surface area contributed by atoms with E-state index in [1.807, 2.05) is 0 Å². The van der Waals surface area contributed by atoms with Crippen LogP contribution in [0.15, 0.2) is 47.4 Å². The molecule has 9 heteroatoms. The van der Waals surface area contributed by atoms with Crippen LogP contribution in [0.3, 0.4) is 0 Å². The average molecular weight is 404 g/mol. The number of rotatable bonds is 5. The Morgan fingerprint density at radius 2 is 1.69 bits per heavy atom. The van der Waals surface area contributed by atoms with Gasteiger partial charge >= 0.3 is 5.97 Å². The Morgan fingerprint density at radius 3 is 2.31 bits per heavy atom. The molecule has 1 amide bonds. The summed E-state index contributed by atoms with van der Waals surface area (Å²) in [6.07, 6.45) is 1.05. The number of esters is 1. The van der Waals surface area contributed by atoms with E-state index in [4.69, 9.17) is 0 Å². The number of pyridine rings is 1. The first-order valence-electron chi connectivity index (χ1n) is 8.47. The molecule has 0 aliphatic carbocycles. The van der Waals surface area contributed by atoms with Crippen molar-refractivity contribution in [2.45, 2.75) is 6.42 Å². The zero-order chi connectivity index (χ0) is 21.1. The second-order valence-electron chi connectivity index (χ2n) is 6.07. The molecule has 0 bridgehead atoms. The second kappa shape index (κ2) is 8.17. The molecule has 0 saturated heterocycles. The molecule has 2 aromatic carbocycles. The average Bonchev–Trinajstić information content (AvgIpc) is 2.71. The van der Waals surface area contributed by atoms with Gasteiger partial charge in [0.2, 0.25) is 0 Å². The standard InChI is InChI=1S/C20H15F3N2O4/c1-29-17(26)6-7-24-19(27)14-10-25(11-8-15(21)18(23)16(22)9-11)20(28)13-5-3-2-4-12(13)14/h2-5,8-10H,6-7H2,1H3,(H,24,27). The molecule has 0 fully saturated rings. The van der Waals surface area contributed by atoms with E-state index in [0.29, 0.717) is 17.5 Å². The first kappa shape index (κ1) is 20.1. The maximum Gasteiger partial charge on any atom is 0.307 e. The van der Waals surface area contributed by atoms with Crippen molar-refractivity contribution in [2.24, 2.45) is 0 Å². The summed E-state index contributed by atoms with van der Waals surface area (Å²) >= 11 is 0. The number of hydrogen-bond acceptors (Lipinski definition) is 4. The summed E-state index contributed by atoms with van der Waals surface area (Å²) in [5.41, 5.74) is -0.881. The van der Waals surface area contributed by atoms with E-state index < -0.39 is 34.9 Å². The molecule has 1 heterocycles. The van der Waals surface area contributed by atoms with Gasteiger partial charge < -0.3 is 10.1 Å². The van der Waals surface area contributed by atoms with E-state index >= 15 is 0 Å². The van der Waals surface area contributed by atoms with Crippen molar-refractivity contribution in [3.63, 3.8) is 0 Å². The number of carbonyl (C=O) groups excluding carboxylic acids is 2. The smallest absolute Gasteiger partial charge is 0.307 e. The number of nitrogens with zero attached hydrogens (tertiary/aromatic N) is 1. The molecule has 0 aliphatic rings. The number of fused-ring (bicyclic) bond motifs is 1. The Hall–Kier alpha value is -3.62. The minimum absolute atomic E-state index is 0.0151. The number of halogens is 3. The van der Waals surface area contributed by atoms with Gasteiger partial charge in [-0.1, -0.05) is 18.2 Å². The normalized spacial score (nSPS) is 10.8. The van der Waals surface area contributed by atoms with Crippen LogP contribution in [0.4, 0.5) is 13.2 Å². The van der Waals surface area contributed by atoms with E-state index in [-0.39, 0.29) is 29.6 Å². The fourth-order valence-electron chi connectivity index (χ4n) is 2.82. The van der Waals surface area contributed by atoms with Crippen molar-refractivity contribution in [3.05, 3.63) is 76.0 Å². The Bertz CT molecular complexity index is 1150. The van der Waals surface area contributed by atoms with Crippen LogP contribution >= 0.6 is 0 Å². The molecule has 0 spiro atoms. The van der Waals surface area contributed by atoms with Gasteiger partial charge in [-0.3, -0.25) is 19.0 Å². The van der Waals surface area contributed by atoms with E-state index in [1.165, 1.54) is 13.2 Å². The lowest BCUT2D eigenvalue weighted by atomic mass is 10.1. The highest BCUT2D eigenvalue weighted by atomic mass is 19.2. The molecule has 150 valence electrons. The summed E-state index contributed by atoms with van der Waals surface area (Å²) in [6.45, 7) is -0.0151. The number of methoxy groups -OCH3 is 1. The Labute approximate surface area is 162 Å². The van der Waals surface area contributed by atoms with Crippen LogP contribution in [0.1, 0.15) is 16.8 Å². The minimum atomic E-state index is -1.66. The Morgan fingerprint density at radius 1 is 1.07 bits per heavy atom. The van der Waals surface area contributed by atoms with Crippen LogP contribution in [-0.4, -0.2) is 30.1 Å². The van der Waals surface area contributed by atoms with E-state index in [0.717, 1.165) is 10.8 Å². The van der Waals surface area contributed by atoms with Crippen LogP contribution in [0, 0.1) is 17.5 Å². The lowest BCUT2D eigenvalue weighted by Crippen LogP contribution is -2.29. The first-order chi connectivity index (χ1) is 13.8. The molecule has 0 atom stereocenters. The predicted molar refractivity (Wildman–Crippen MR) is 98.4 cm³/mol. The van der Waals surface area contributed by atoms with Gasteiger partial charge in [0.1, 0.15) is 0 Å². The molecule has 29 heavy (non-hydrogen) atoms. The zero-order valence-corrected chi connectivity index (χ0v) is 15.2. The van der Waals surface area contributed by atoms with Gasteiger partial charge in [0, 0.05) is 35.6 Å². The summed E-state index contributed by atoms with van der Waals surface area (Å²) in [5.74, 6) is -5.73. The second-order valence-corrected chi connectivity index (χ2v) is 6.07. The number of carbonyl (C=O) groups is 2. The van der Waals surface area contributed by atoms with Crippen molar-refractivity contribution in [2.75, 3.05) is 13.7 Å². The Balaban J connectivity index is 2.11. The molecule has 0 unspecified atom stereocenters. The van der Waals surface area contributed by atoms with E-state index in [2.05, 4.69) is 10.1 Å². The maximum atomic E-state index is 13.7. The molecule has 0 saturated carbocycles. The zero-order valence-electron chi connectivity index (χ0n) is 15.2. The highest BCUT2D eigenvalue weighted by molar-refractivity contribution is 6.06. The van der Waals surface area contributed by atoms with Crippen molar-refractivity contribution < 1.29 is 27.5 Å². The fraction of sp³-hybridized carbons (Fsp3) is 0.150. The highest BCUT2D eigenvalue weighted by Gasteiger charge is 2.18. The molecule has 0 radical (unpaired) electrons. The van der Waals surface area contributed by atoms with Gasteiger partial charge in [0.15, 0.2) is 17.5 Å². The van der Waals surface area contributed by atoms with Crippen molar-refractivity contribution >= 4 is 22.6 Å².